The van der Waals surface area contributed by atoms with E-state index < -0.39 is 28.3 Å². The van der Waals surface area contributed by atoms with E-state index in [9.17, 15) is 32.9 Å². The Morgan fingerprint density at radius 1 is 0.911 bits per heavy atom. The maximum atomic E-state index is 14.1. The summed E-state index contributed by atoms with van der Waals surface area (Å²) in [4.78, 5) is 41.2. The number of nitrogens with zero attached hydrogens (tertiary/aromatic N) is 2. The number of rotatable bonds is 8. The molecule has 0 bridgehead atoms. The smallest absolute Gasteiger partial charge is 0.416 e. The number of carbonyl (C=O) groups is 2. The van der Waals surface area contributed by atoms with Crippen molar-refractivity contribution in [2.45, 2.75) is 71.9 Å². The van der Waals surface area contributed by atoms with Gasteiger partial charge in [0.05, 0.1) is 10.5 Å². The Balaban J connectivity index is 1.71. The van der Waals surface area contributed by atoms with Crippen LogP contribution < -0.4 is 4.74 Å². The predicted octanol–water partition coefficient (Wildman–Crippen LogP) is 8.13. The van der Waals surface area contributed by atoms with E-state index in [1.807, 2.05) is 27.7 Å². The molecule has 0 saturated heterocycles. The van der Waals surface area contributed by atoms with E-state index in [1.54, 1.807) is 31.4 Å². The molecule has 11 heteroatoms. The summed E-state index contributed by atoms with van der Waals surface area (Å²) in [6.07, 6.45) is -2.38. The molecule has 0 radical (unpaired) electrons. The molecule has 1 heterocycles. The first-order chi connectivity index (χ1) is 21.0. The Morgan fingerprint density at radius 2 is 1.49 bits per heavy atom. The average Bonchev–Trinajstić information content (AvgIpc) is 2.92. The molecule has 2 aromatic carbocycles. The van der Waals surface area contributed by atoms with Gasteiger partial charge in [-0.3, -0.25) is 19.7 Å². The lowest BCUT2D eigenvalue weighted by Crippen LogP contribution is -2.44. The molecule has 45 heavy (non-hydrogen) atoms. The third kappa shape index (κ3) is 6.40. The van der Waals surface area contributed by atoms with Crippen LogP contribution in [0.3, 0.4) is 0 Å². The van der Waals surface area contributed by atoms with Crippen molar-refractivity contribution in [3.8, 4) is 11.5 Å². The summed E-state index contributed by atoms with van der Waals surface area (Å²) < 4.78 is 51.5. The van der Waals surface area contributed by atoms with E-state index in [2.05, 4.69) is 4.90 Å². The Labute approximate surface area is 260 Å². The van der Waals surface area contributed by atoms with Gasteiger partial charge in [-0.15, -0.1) is 0 Å². The summed E-state index contributed by atoms with van der Waals surface area (Å²) in [6.45, 7) is 9.22. The molecule has 2 aromatic rings. The molecule has 0 saturated carbocycles. The summed E-state index contributed by atoms with van der Waals surface area (Å²) in [7, 11) is 1.63. The fourth-order valence-electron chi connectivity index (χ4n) is 6.85. The van der Waals surface area contributed by atoms with Gasteiger partial charge < -0.3 is 14.4 Å². The molecule has 0 N–H and O–H groups in total. The largest absolute Gasteiger partial charge is 0.450 e. The van der Waals surface area contributed by atoms with Gasteiger partial charge in [0.2, 0.25) is 5.75 Å². The monoisotopic (exact) mass is 626 g/mol. The number of allylic oxidation sites excluding steroid dienone is 4. The zero-order valence-electron chi connectivity index (χ0n) is 26.0. The molecule has 2 aliphatic carbocycles. The minimum Gasteiger partial charge on any atom is -0.450 e. The standard InChI is InChI=1S/C34H37F3N2O6/c1-32(2)16-23-30(25(40)18-32)29(31-24(38(23)13-8-14-44-5)17-33(3,4)19-26(31)41)21-9-6-7-10-27(21)45-28-12-11-20(34(35,36)37)15-22(28)39(42)43/h6-7,9-12,15,29H,8,13-14,16-19H2,1-5H3. The normalized spacial score (nSPS) is 19.9. The molecule has 0 fully saturated rings. The van der Waals surface area contributed by atoms with Crippen LogP contribution in [0.25, 0.3) is 0 Å². The third-order valence-electron chi connectivity index (χ3n) is 8.68. The lowest BCUT2D eigenvalue weighted by molar-refractivity contribution is -0.385. The minimum atomic E-state index is -4.78. The molecule has 0 atom stereocenters. The molecular formula is C34H37F3N2O6. The summed E-state index contributed by atoms with van der Waals surface area (Å²) in [5, 5.41) is 11.8. The summed E-state index contributed by atoms with van der Waals surface area (Å²) >= 11 is 0. The first kappa shape index (κ1) is 32.4. The SMILES string of the molecule is COCCCN1C2=C(C(=O)CC(C)(C)C2)C(c2ccccc2Oc2ccc(C(F)(F)F)cc2[N+](=O)[O-])C2=C1CC(C)(C)CC2=O. The van der Waals surface area contributed by atoms with Crippen LogP contribution in [0.1, 0.15) is 76.8 Å². The molecule has 1 aliphatic heterocycles. The number of methoxy groups -OCH3 is 1. The number of hydrogen-bond acceptors (Lipinski definition) is 7. The number of para-hydroxylation sites is 1. The second-order valence-electron chi connectivity index (χ2n) is 13.6. The molecule has 5 rings (SSSR count). The van der Waals surface area contributed by atoms with Crippen molar-refractivity contribution in [3.63, 3.8) is 0 Å². The van der Waals surface area contributed by atoms with Gasteiger partial charge in [0.25, 0.3) is 0 Å². The van der Waals surface area contributed by atoms with E-state index in [1.165, 1.54) is 0 Å². The third-order valence-corrected chi connectivity index (χ3v) is 8.68. The molecule has 0 amide bonds. The van der Waals surface area contributed by atoms with E-state index in [0.717, 1.165) is 23.5 Å². The second kappa shape index (κ2) is 11.7. The Morgan fingerprint density at radius 3 is 2.02 bits per heavy atom. The molecule has 0 aromatic heterocycles. The van der Waals surface area contributed by atoms with Crippen molar-refractivity contribution in [3.05, 3.63) is 86.2 Å². The number of halogens is 3. The van der Waals surface area contributed by atoms with Gasteiger partial charge in [0.1, 0.15) is 5.75 Å². The van der Waals surface area contributed by atoms with Crippen LogP contribution >= 0.6 is 0 Å². The van der Waals surface area contributed by atoms with Crippen molar-refractivity contribution in [1.82, 2.24) is 4.90 Å². The average molecular weight is 627 g/mol. The van der Waals surface area contributed by atoms with Crippen LogP contribution in [0, 0.1) is 20.9 Å². The number of carbonyl (C=O) groups excluding carboxylic acids is 2. The van der Waals surface area contributed by atoms with Gasteiger partial charge in [-0.2, -0.15) is 13.2 Å². The van der Waals surface area contributed by atoms with Gasteiger partial charge in [-0.1, -0.05) is 45.9 Å². The van der Waals surface area contributed by atoms with E-state index in [4.69, 9.17) is 9.47 Å². The highest BCUT2D eigenvalue weighted by molar-refractivity contribution is 6.07. The number of ketones is 2. The topological polar surface area (TPSA) is 99.0 Å². The van der Waals surface area contributed by atoms with Gasteiger partial charge in [0, 0.05) is 73.2 Å². The molecule has 0 spiro atoms. The van der Waals surface area contributed by atoms with E-state index in [0.29, 0.717) is 55.2 Å². The number of nitro benzene ring substituents is 1. The van der Waals surface area contributed by atoms with Crippen molar-refractivity contribution < 1.29 is 37.2 Å². The maximum absolute atomic E-state index is 14.1. The maximum Gasteiger partial charge on any atom is 0.416 e. The number of alkyl halides is 3. The number of benzene rings is 2. The minimum absolute atomic E-state index is 0.0949. The van der Waals surface area contributed by atoms with Gasteiger partial charge >= 0.3 is 11.9 Å². The number of Topliss-reactive ketones (excluding diaryl/α,β-unsaturated/α-hetero) is 2. The quantitative estimate of drug-likeness (QED) is 0.166. The molecule has 8 nitrogen and oxygen atoms in total. The highest BCUT2D eigenvalue weighted by Gasteiger charge is 2.49. The van der Waals surface area contributed by atoms with Crippen molar-refractivity contribution >= 4 is 17.3 Å². The summed E-state index contributed by atoms with van der Waals surface area (Å²) in [5.74, 6) is -1.25. The van der Waals surface area contributed by atoms with Crippen LogP contribution in [-0.4, -0.2) is 41.7 Å². The van der Waals surface area contributed by atoms with Crippen molar-refractivity contribution in [2.75, 3.05) is 20.3 Å². The predicted molar refractivity (Wildman–Crippen MR) is 161 cm³/mol. The van der Waals surface area contributed by atoms with E-state index in [-0.39, 0.29) is 46.7 Å². The van der Waals surface area contributed by atoms with Crippen LogP contribution in [0.5, 0.6) is 11.5 Å². The molecular weight excluding hydrogens is 589 g/mol. The van der Waals surface area contributed by atoms with Gasteiger partial charge in [0.15, 0.2) is 11.6 Å². The van der Waals surface area contributed by atoms with Crippen LogP contribution in [0.15, 0.2) is 65.0 Å². The lowest BCUT2D eigenvalue weighted by atomic mass is 9.63. The first-order valence-electron chi connectivity index (χ1n) is 14.9. The molecule has 240 valence electrons. The Bertz CT molecular complexity index is 1570. The highest BCUT2D eigenvalue weighted by Crippen LogP contribution is 2.56. The molecule has 0 unspecified atom stereocenters. The first-order valence-corrected chi connectivity index (χ1v) is 14.9. The second-order valence-corrected chi connectivity index (χ2v) is 13.6. The Kier molecular flexibility index (Phi) is 8.46. The number of ether oxygens (including phenoxy) is 2. The lowest BCUT2D eigenvalue weighted by Gasteiger charge is -2.49. The molecule has 3 aliphatic rings. The fraction of sp³-hybridized carbons (Fsp3) is 0.471. The van der Waals surface area contributed by atoms with Crippen LogP contribution in [-0.2, 0) is 20.5 Å². The van der Waals surface area contributed by atoms with Crippen molar-refractivity contribution in [1.29, 1.82) is 0 Å². The van der Waals surface area contributed by atoms with Crippen LogP contribution in [0.4, 0.5) is 18.9 Å². The van der Waals surface area contributed by atoms with Gasteiger partial charge in [-0.25, -0.2) is 0 Å². The van der Waals surface area contributed by atoms with E-state index >= 15 is 0 Å². The number of hydrogen-bond donors (Lipinski definition) is 0. The summed E-state index contributed by atoms with van der Waals surface area (Å²) in [6, 6.07) is 8.72. The Hall–Kier alpha value is -3.99. The summed E-state index contributed by atoms with van der Waals surface area (Å²) in [5.41, 5.74) is 0.447. The zero-order chi connectivity index (χ0) is 32.9. The number of nitro groups is 1. The van der Waals surface area contributed by atoms with Crippen molar-refractivity contribution in [2.24, 2.45) is 10.8 Å². The zero-order valence-corrected chi connectivity index (χ0v) is 26.0. The van der Waals surface area contributed by atoms with Gasteiger partial charge in [-0.05, 0) is 48.3 Å². The van der Waals surface area contributed by atoms with Crippen LogP contribution in [0.2, 0.25) is 0 Å². The fourth-order valence-corrected chi connectivity index (χ4v) is 6.85. The highest BCUT2D eigenvalue weighted by atomic mass is 19.4.